The van der Waals surface area contributed by atoms with Crippen LogP contribution in [-0.2, 0) is 4.79 Å². The van der Waals surface area contributed by atoms with Gasteiger partial charge in [0.25, 0.3) is 5.91 Å². The number of amides is 1. The van der Waals surface area contributed by atoms with Gasteiger partial charge >= 0.3 is 0 Å². The van der Waals surface area contributed by atoms with E-state index in [0.717, 1.165) is 11.3 Å². The molecule has 0 spiro atoms. The first-order chi connectivity index (χ1) is 13.6. The quantitative estimate of drug-likeness (QED) is 0.654. The first kappa shape index (κ1) is 20.9. The molecule has 0 aliphatic carbocycles. The third kappa shape index (κ3) is 3.99. The fourth-order valence-corrected chi connectivity index (χ4v) is 3.52. The topological polar surface area (TPSA) is 99.5 Å². The van der Waals surface area contributed by atoms with Gasteiger partial charge in [-0.25, -0.2) is 0 Å². The van der Waals surface area contributed by atoms with Gasteiger partial charge in [0.2, 0.25) is 0 Å². The fraction of sp³-hybridized carbons (Fsp3) is 0.348. The van der Waals surface area contributed by atoms with Gasteiger partial charge in [0, 0.05) is 23.9 Å². The number of nitrogens with zero attached hydrogens (tertiary/aromatic N) is 1. The Morgan fingerprint density at radius 1 is 1.14 bits per heavy atom. The number of benzene rings is 1. The summed E-state index contributed by atoms with van der Waals surface area (Å²) in [5.41, 5.74) is 0.830. The van der Waals surface area contributed by atoms with E-state index in [9.17, 15) is 19.8 Å². The van der Waals surface area contributed by atoms with Crippen LogP contribution < -0.4 is 5.32 Å². The Morgan fingerprint density at radius 3 is 2.31 bits per heavy atom. The Bertz CT molecular complexity index is 959. The Balaban J connectivity index is 2.16. The zero-order chi connectivity index (χ0) is 21.3. The van der Waals surface area contributed by atoms with Crippen LogP contribution in [-0.4, -0.2) is 38.6 Å². The SMILES string of the molecule is Cc1ccc(C(=O)C2=C(c3ccc(C(C)C)cc3)NC(=O)C2(O)CC(C)O)cn1. The number of aryl methyl sites for hydroxylation is 1. The van der Waals surface area contributed by atoms with Crippen LogP contribution in [0.15, 0.2) is 48.2 Å². The predicted molar refractivity (Wildman–Crippen MR) is 110 cm³/mol. The van der Waals surface area contributed by atoms with E-state index in [-0.39, 0.29) is 23.3 Å². The fourth-order valence-electron chi connectivity index (χ4n) is 3.52. The molecule has 2 heterocycles. The molecule has 0 saturated heterocycles. The lowest BCUT2D eigenvalue weighted by Gasteiger charge is -2.24. The van der Waals surface area contributed by atoms with Crippen LogP contribution >= 0.6 is 0 Å². The molecule has 1 aromatic carbocycles. The summed E-state index contributed by atoms with van der Waals surface area (Å²) < 4.78 is 0. The number of nitrogens with one attached hydrogen (secondary N) is 1. The van der Waals surface area contributed by atoms with Crippen molar-refractivity contribution in [2.45, 2.75) is 51.7 Å². The van der Waals surface area contributed by atoms with Crippen molar-refractivity contribution in [3.05, 3.63) is 70.6 Å². The lowest BCUT2D eigenvalue weighted by atomic mass is 9.83. The normalized spacial score (nSPS) is 20.2. The van der Waals surface area contributed by atoms with Gasteiger partial charge in [-0.1, -0.05) is 38.1 Å². The molecule has 29 heavy (non-hydrogen) atoms. The standard InChI is InChI=1S/C23H26N2O4/c1-13(2)16-7-9-17(10-8-16)20-19(21(27)18-6-5-14(3)24-12-18)23(29,11-15(4)26)22(28)25-20/h5-10,12-13,15,26,29H,11H2,1-4H3,(H,25,28). The van der Waals surface area contributed by atoms with E-state index in [2.05, 4.69) is 24.1 Å². The van der Waals surface area contributed by atoms with Gasteiger partial charge in [0.15, 0.2) is 11.4 Å². The zero-order valence-electron chi connectivity index (χ0n) is 17.1. The Hall–Kier alpha value is -2.83. The van der Waals surface area contributed by atoms with E-state index in [4.69, 9.17) is 0 Å². The zero-order valence-corrected chi connectivity index (χ0v) is 17.1. The number of aromatic nitrogens is 1. The molecular weight excluding hydrogens is 368 g/mol. The van der Waals surface area contributed by atoms with Crippen LogP contribution in [0.3, 0.4) is 0 Å². The number of pyridine rings is 1. The predicted octanol–water partition coefficient (Wildman–Crippen LogP) is 2.74. The molecule has 2 unspecified atom stereocenters. The van der Waals surface area contributed by atoms with Crippen molar-refractivity contribution in [1.82, 2.24) is 10.3 Å². The third-order valence-electron chi connectivity index (χ3n) is 5.14. The van der Waals surface area contributed by atoms with Crippen molar-refractivity contribution >= 4 is 17.4 Å². The maximum Gasteiger partial charge on any atom is 0.261 e. The molecule has 2 atom stereocenters. The van der Waals surface area contributed by atoms with Gasteiger partial charge in [-0.2, -0.15) is 0 Å². The Labute approximate surface area is 170 Å². The molecular formula is C23H26N2O4. The van der Waals surface area contributed by atoms with Gasteiger partial charge in [-0.3, -0.25) is 14.6 Å². The third-order valence-corrected chi connectivity index (χ3v) is 5.14. The number of rotatable bonds is 6. The van der Waals surface area contributed by atoms with E-state index in [1.54, 1.807) is 19.1 Å². The molecule has 0 saturated carbocycles. The highest BCUT2D eigenvalue weighted by molar-refractivity contribution is 6.22. The Kier molecular flexibility index (Phi) is 5.68. The molecule has 0 bridgehead atoms. The molecule has 0 radical (unpaired) electrons. The van der Waals surface area contributed by atoms with E-state index in [1.807, 2.05) is 24.3 Å². The van der Waals surface area contributed by atoms with Crippen molar-refractivity contribution in [1.29, 1.82) is 0 Å². The number of carbonyl (C=O) groups is 2. The van der Waals surface area contributed by atoms with Gasteiger partial charge < -0.3 is 15.5 Å². The van der Waals surface area contributed by atoms with Gasteiger partial charge in [-0.15, -0.1) is 0 Å². The van der Waals surface area contributed by atoms with E-state index >= 15 is 0 Å². The van der Waals surface area contributed by atoms with Gasteiger partial charge in [-0.05, 0) is 43.0 Å². The summed E-state index contributed by atoms with van der Waals surface area (Å²) in [7, 11) is 0. The molecule has 3 rings (SSSR count). The van der Waals surface area contributed by atoms with Crippen LogP contribution in [0.5, 0.6) is 0 Å². The number of aliphatic hydroxyl groups is 2. The van der Waals surface area contributed by atoms with E-state index in [0.29, 0.717) is 11.5 Å². The molecule has 1 aliphatic heterocycles. The largest absolute Gasteiger partial charge is 0.393 e. The van der Waals surface area contributed by atoms with Crippen LogP contribution in [0, 0.1) is 6.92 Å². The summed E-state index contributed by atoms with van der Waals surface area (Å²) >= 11 is 0. The monoisotopic (exact) mass is 394 g/mol. The van der Waals surface area contributed by atoms with Crippen LogP contribution in [0.1, 0.15) is 60.3 Å². The first-order valence-corrected chi connectivity index (χ1v) is 9.68. The second-order valence-corrected chi connectivity index (χ2v) is 7.91. The minimum absolute atomic E-state index is 0.0636. The molecule has 152 valence electrons. The van der Waals surface area contributed by atoms with Crippen molar-refractivity contribution in [3.8, 4) is 0 Å². The molecule has 1 amide bonds. The van der Waals surface area contributed by atoms with Gasteiger partial charge in [0.05, 0.1) is 17.4 Å². The number of ketones is 1. The second-order valence-electron chi connectivity index (χ2n) is 7.91. The maximum absolute atomic E-state index is 13.3. The molecule has 6 nitrogen and oxygen atoms in total. The summed E-state index contributed by atoms with van der Waals surface area (Å²) in [5, 5.41) is 23.7. The highest BCUT2D eigenvalue weighted by atomic mass is 16.3. The van der Waals surface area contributed by atoms with Crippen molar-refractivity contribution in [2.75, 3.05) is 0 Å². The highest BCUT2D eigenvalue weighted by Gasteiger charge is 2.51. The molecule has 1 aromatic heterocycles. The van der Waals surface area contributed by atoms with Gasteiger partial charge in [0.1, 0.15) is 0 Å². The summed E-state index contributed by atoms with van der Waals surface area (Å²) in [6.45, 7) is 7.43. The van der Waals surface area contributed by atoms with E-state index in [1.165, 1.54) is 13.1 Å². The molecule has 0 fully saturated rings. The number of hydrogen-bond donors (Lipinski definition) is 3. The smallest absolute Gasteiger partial charge is 0.261 e. The average molecular weight is 394 g/mol. The minimum Gasteiger partial charge on any atom is -0.393 e. The first-order valence-electron chi connectivity index (χ1n) is 9.68. The van der Waals surface area contributed by atoms with Crippen molar-refractivity contribution < 1.29 is 19.8 Å². The number of aliphatic hydroxyl groups excluding tert-OH is 1. The second kappa shape index (κ2) is 7.89. The number of carbonyl (C=O) groups excluding carboxylic acids is 2. The molecule has 3 N–H and O–H groups in total. The van der Waals surface area contributed by atoms with Crippen molar-refractivity contribution in [2.24, 2.45) is 0 Å². The maximum atomic E-state index is 13.3. The summed E-state index contributed by atoms with van der Waals surface area (Å²) in [6.07, 6.45) is 0.162. The minimum atomic E-state index is -2.12. The Morgan fingerprint density at radius 2 is 1.79 bits per heavy atom. The molecule has 2 aromatic rings. The lowest BCUT2D eigenvalue weighted by molar-refractivity contribution is -0.135. The number of Topliss-reactive ketones (excluding diaryl/α,β-unsaturated/α-hetero) is 1. The summed E-state index contributed by atoms with van der Waals surface area (Å²) in [5.74, 6) is -0.880. The average Bonchev–Trinajstić information content (AvgIpc) is 2.92. The van der Waals surface area contributed by atoms with E-state index < -0.39 is 23.4 Å². The van der Waals surface area contributed by atoms with Crippen LogP contribution in [0.4, 0.5) is 0 Å². The summed E-state index contributed by atoms with van der Waals surface area (Å²) in [4.78, 5) is 30.2. The van der Waals surface area contributed by atoms with Crippen LogP contribution in [0.25, 0.3) is 5.70 Å². The number of hydrogen-bond acceptors (Lipinski definition) is 5. The molecule has 1 aliphatic rings. The molecule has 6 heteroatoms. The lowest BCUT2D eigenvalue weighted by Crippen LogP contribution is -2.45. The van der Waals surface area contributed by atoms with Crippen LogP contribution in [0.2, 0.25) is 0 Å². The summed E-state index contributed by atoms with van der Waals surface area (Å²) in [6, 6.07) is 10.8. The van der Waals surface area contributed by atoms with Crippen molar-refractivity contribution in [3.63, 3.8) is 0 Å². The highest BCUT2D eigenvalue weighted by Crippen LogP contribution is 2.37.